The van der Waals surface area contributed by atoms with Crippen molar-refractivity contribution < 1.29 is 5.11 Å². The summed E-state index contributed by atoms with van der Waals surface area (Å²) in [5.41, 5.74) is 3.16. The molecule has 102 valence electrons. The second-order valence-electron chi connectivity index (χ2n) is 4.99. The Kier molecular flexibility index (Phi) is 3.48. The maximum absolute atomic E-state index is 10.2. The van der Waals surface area contributed by atoms with E-state index in [9.17, 15) is 5.11 Å². The van der Waals surface area contributed by atoms with Gasteiger partial charge in [-0.3, -0.25) is 4.98 Å². The Bertz CT molecular complexity index is 706. The molecule has 0 aliphatic rings. The lowest BCUT2D eigenvalue weighted by Gasteiger charge is -2.10. The van der Waals surface area contributed by atoms with E-state index in [1.165, 1.54) is 0 Å². The van der Waals surface area contributed by atoms with E-state index in [4.69, 9.17) is 0 Å². The molecule has 1 aromatic carbocycles. The first-order valence-electron chi connectivity index (χ1n) is 6.71. The molecule has 0 amide bonds. The van der Waals surface area contributed by atoms with Crippen molar-refractivity contribution in [3.8, 4) is 0 Å². The topological polar surface area (TPSA) is 50.9 Å². The third-order valence-corrected chi connectivity index (χ3v) is 3.52. The Balaban J connectivity index is 1.77. The third-order valence-electron chi connectivity index (χ3n) is 3.52. The number of aromatic nitrogens is 3. The van der Waals surface area contributed by atoms with Crippen molar-refractivity contribution in [2.45, 2.75) is 18.9 Å². The van der Waals surface area contributed by atoms with Gasteiger partial charge in [0.15, 0.2) is 0 Å². The van der Waals surface area contributed by atoms with E-state index in [-0.39, 0.29) is 0 Å². The van der Waals surface area contributed by atoms with E-state index in [1.807, 2.05) is 48.0 Å². The summed E-state index contributed by atoms with van der Waals surface area (Å²) in [5.74, 6) is 0.910. The molecule has 0 aliphatic heterocycles. The van der Waals surface area contributed by atoms with Gasteiger partial charge in [0.1, 0.15) is 5.82 Å². The summed E-state index contributed by atoms with van der Waals surface area (Å²) in [7, 11) is 1.99. The van der Waals surface area contributed by atoms with E-state index in [0.717, 1.165) is 22.4 Å². The summed E-state index contributed by atoms with van der Waals surface area (Å²) >= 11 is 0. The number of hydrogen-bond acceptors (Lipinski definition) is 3. The number of aliphatic hydroxyl groups excluding tert-OH is 1. The molecule has 2 heterocycles. The van der Waals surface area contributed by atoms with Gasteiger partial charge in [0.25, 0.3) is 0 Å². The number of rotatable bonds is 4. The fraction of sp³-hybridized carbons (Fsp3) is 0.250. The smallest absolute Gasteiger partial charge is 0.112 e. The largest absolute Gasteiger partial charge is 0.392 e. The summed E-state index contributed by atoms with van der Waals surface area (Å²) in [6.07, 6.45) is 4.22. The van der Waals surface area contributed by atoms with Crippen LogP contribution in [-0.2, 0) is 19.9 Å². The van der Waals surface area contributed by atoms with Crippen LogP contribution in [0.4, 0.5) is 0 Å². The van der Waals surface area contributed by atoms with Crippen LogP contribution in [0.25, 0.3) is 11.0 Å². The molecule has 1 atom stereocenters. The van der Waals surface area contributed by atoms with Crippen molar-refractivity contribution in [1.82, 2.24) is 14.5 Å². The lowest BCUT2D eigenvalue weighted by Crippen LogP contribution is -2.16. The van der Waals surface area contributed by atoms with Gasteiger partial charge in [-0.25, -0.2) is 4.98 Å². The Labute approximate surface area is 117 Å². The molecule has 4 heteroatoms. The minimum absolute atomic E-state index is 0.437. The van der Waals surface area contributed by atoms with E-state index >= 15 is 0 Å². The number of hydrogen-bond donors (Lipinski definition) is 1. The first-order valence-corrected chi connectivity index (χ1v) is 6.71. The highest BCUT2D eigenvalue weighted by atomic mass is 16.3. The van der Waals surface area contributed by atoms with Gasteiger partial charge in [-0.05, 0) is 36.2 Å². The standard InChI is InChI=1S/C16H17N3O/c1-19-15-5-3-2-4-14(15)18-16(19)11-13(20)10-12-6-8-17-9-7-12/h2-9,13,20H,10-11H2,1H3. The lowest BCUT2D eigenvalue weighted by molar-refractivity contribution is 0.172. The van der Waals surface area contributed by atoms with Crippen LogP contribution in [0.2, 0.25) is 0 Å². The zero-order valence-electron chi connectivity index (χ0n) is 11.4. The molecule has 0 spiro atoms. The average molecular weight is 267 g/mol. The van der Waals surface area contributed by atoms with Gasteiger partial charge >= 0.3 is 0 Å². The highest BCUT2D eigenvalue weighted by molar-refractivity contribution is 5.75. The lowest BCUT2D eigenvalue weighted by atomic mass is 10.1. The molecule has 3 aromatic rings. The molecule has 0 bridgehead atoms. The molecule has 1 unspecified atom stereocenters. The number of para-hydroxylation sites is 2. The molecular weight excluding hydrogens is 250 g/mol. The highest BCUT2D eigenvalue weighted by Gasteiger charge is 2.12. The Hall–Kier alpha value is -2.20. The van der Waals surface area contributed by atoms with E-state index in [1.54, 1.807) is 12.4 Å². The highest BCUT2D eigenvalue weighted by Crippen LogP contribution is 2.16. The van der Waals surface area contributed by atoms with Crippen molar-refractivity contribution in [2.24, 2.45) is 7.05 Å². The van der Waals surface area contributed by atoms with Crippen molar-refractivity contribution in [3.05, 3.63) is 60.2 Å². The quantitative estimate of drug-likeness (QED) is 0.787. The third kappa shape index (κ3) is 2.56. The van der Waals surface area contributed by atoms with E-state index in [2.05, 4.69) is 9.97 Å². The zero-order valence-corrected chi connectivity index (χ0v) is 11.4. The number of pyridine rings is 1. The zero-order chi connectivity index (χ0) is 13.9. The SMILES string of the molecule is Cn1c(CC(O)Cc2ccncc2)nc2ccccc21. The van der Waals surface area contributed by atoms with Crippen LogP contribution in [-0.4, -0.2) is 25.7 Å². The van der Waals surface area contributed by atoms with Crippen molar-refractivity contribution in [1.29, 1.82) is 0 Å². The van der Waals surface area contributed by atoms with Gasteiger partial charge in [-0.2, -0.15) is 0 Å². The second-order valence-corrected chi connectivity index (χ2v) is 4.99. The minimum atomic E-state index is -0.437. The number of benzene rings is 1. The molecule has 0 saturated heterocycles. The summed E-state index contributed by atoms with van der Waals surface area (Å²) < 4.78 is 2.05. The van der Waals surface area contributed by atoms with Crippen LogP contribution in [0.5, 0.6) is 0 Å². The molecule has 0 radical (unpaired) electrons. The molecule has 0 aliphatic carbocycles. The van der Waals surface area contributed by atoms with Crippen molar-refractivity contribution >= 4 is 11.0 Å². The number of imidazole rings is 1. The Morgan fingerprint density at radius 1 is 1.10 bits per heavy atom. The molecule has 2 aromatic heterocycles. The molecule has 4 nitrogen and oxygen atoms in total. The predicted molar refractivity (Wildman–Crippen MR) is 78.4 cm³/mol. The van der Waals surface area contributed by atoms with Crippen LogP contribution < -0.4 is 0 Å². The first kappa shape index (κ1) is 12.8. The summed E-state index contributed by atoms with van der Waals surface area (Å²) in [6, 6.07) is 11.9. The summed E-state index contributed by atoms with van der Waals surface area (Å²) in [4.78, 5) is 8.57. The molecule has 20 heavy (non-hydrogen) atoms. The van der Waals surface area contributed by atoms with Gasteiger partial charge < -0.3 is 9.67 Å². The maximum Gasteiger partial charge on any atom is 0.112 e. The predicted octanol–water partition coefficient (Wildman–Crippen LogP) is 2.11. The van der Waals surface area contributed by atoms with Crippen LogP contribution in [0, 0.1) is 0 Å². The van der Waals surface area contributed by atoms with Gasteiger partial charge in [0, 0.05) is 25.9 Å². The van der Waals surface area contributed by atoms with Gasteiger partial charge in [-0.1, -0.05) is 12.1 Å². The molecule has 1 N–H and O–H groups in total. The van der Waals surface area contributed by atoms with E-state index < -0.39 is 6.10 Å². The molecule has 0 saturated carbocycles. The summed E-state index contributed by atoms with van der Waals surface area (Å²) in [6.45, 7) is 0. The Morgan fingerprint density at radius 3 is 2.60 bits per heavy atom. The number of nitrogens with zero attached hydrogens (tertiary/aromatic N) is 3. The van der Waals surface area contributed by atoms with Gasteiger partial charge in [0.05, 0.1) is 17.1 Å². The maximum atomic E-state index is 10.2. The first-order chi connectivity index (χ1) is 9.74. The molecule has 0 fully saturated rings. The van der Waals surface area contributed by atoms with Crippen LogP contribution in [0.1, 0.15) is 11.4 Å². The van der Waals surface area contributed by atoms with Crippen LogP contribution in [0.15, 0.2) is 48.8 Å². The minimum Gasteiger partial charge on any atom is -0.392 e. The molecule has 3 rings (SSSR count). The monoisotopic (exact) mass is 267 g/mol. The van der Waals surface area contributed by atoms with E-state index in [0.29, 0.717) is 12.8 Å². The summed E-state index contributed by atoms with van der Waals surface area (Å²) in [5, 5.41) is 10.2. The second kappa shape index (κ2) is 5.43. The Morgan fingerprint density at radius 2 is 1.85 bits per heavy atom. The van der Waals surface area contributed by atoms with Crippen molar-refractivity contribution in [2.75, 3.05) is 0 Å². The normalized spacial score (nSPS) is 12.7. The number of aliphatic hydroxyl groups is 1. The fourth-order valence-corrected chi connectivity index (χ4v) is 2.45. The van der Waals surface area contributed by atoms with Crippen LogP contribution >= 0.6 is 0 Å². The number of aryl methyl sites for hydroxylation is 1. The fourth-order valence-electron chi connectivity index (χ4n) is 2.45. The number of fused-ring (bicyclic) bond motifs is 1. The average Bonchev–Trinajstić information content (AvgIpc) is 2.77. The van der Waals surface area contributed by atoms with Gasteiger partial charge in [0.2, 0.25) is 0 Å². The molecular formula is C16H17N3O. The van der Waals surface area contributed by atoms with Crippen molar-refractivity contribution in [3.63, 3.8) is 0 Å². The van der Waals surface area contributed by atoms with Gasteiger partial charge in [-0.15, -0.1) is 0 Å². The van der Waals surface area contributed by atoms with Crippen LogP contribution in [0.3, 0.4) is 0 Å².